The Balaban J connectivity index is 1.67. The number of hydrogen-bond acceptors (Lipinski definition) is 1. The van der Waals surface area contributed by atoms with Crippen molar-refractivity contribution in [3.8, 4) is 0 Å². The maximum atomic E-state index is 11.0. The highest BCUT2D eigenvalue weighted by Gasteiger charge is 2.44. The average Bonchev–Trinajstić information content (AvgIpc) is 2.66. The van der Waals surface area contributed by atoms with Gasteiger partial charge >= 0.3 is 0 Å². The molecule has 3 rings (SSSR count). The number of rotatable bonds is 1. The minimum atomic E-state index is -0.418. The Morgan fingerprint density at radius 2 is 1.50 bits per heavy atom. The molecule has 0 aliphatic heterocycles. The summed E-state index contributed by atoms with van der Waals surface area (Å²) in [6.07, 6.45) is 19.1. The van der Waals surface area contributed by atoms with Gasteiger partial charge in [-0.15, -0.1) is 0 Å². The second kappa shape index (κ2) is 5.00. The van der Waals surface area contributed by atoms with E-state index >= 15 is 0 Å². The van der Waals surface area contributed by atoms with Crippen molar-refractivity contribution in [3.05, 3.63) is 11.6 Å². The molecular weight excluding hydrogens is 220 g/mol. The highest BCUT2D eigenvalue weighted by Crippen LogP contribution is 2.53. The highest BCUT2D eigenvalue weighted by atomic mass is 16.3. The van der Waals surface area contributed by atoms with Gasteiger partial charge in [-0.2, -0.15) is 0 Å². The van der Waals surface area contributed by atoms with E-state index in [0.29, 0.717) is 5.41 Å². The summed E-state index contributed by atoms with van der Waals surface area (Å²) in [7, 11) is 0. The summed E-state index contributed by atoms with van der Waals surface area (Å²) in [6, 6.07) is 0. The van der Waals surface area contributed by atoms with Crippen molar-refractivity contribution < 1.29 is 5.11 Å². The van der Waals surface area contributed by atoms with E-state index < -0.39 is 5.60 Å². The first-order chi connectivity index (χ1) is 8.73. The van der Waals surface area contributed by atoms with E-state index in [0.717, 1.165) is 19.3 Å². The standard InChI is InChI=1S/C17H28O/c18-17(15-7-3-1-2-4-8-15)13-11-16(12-14-17)9-5-6-10-16/h7,18H,1-6,8-14H2. The Kier molecular flexibility index (Phi) is 3.53. The van der Waals surface area contributed by atoms with Gasteiger partial charge in [0.05, 0.1) is 5.60 Å². The normalized spacial score (nSPS) is 31.1. The van der Waals surface area contributed by atoms with Crippen molar-refractivity contribution in [1.82, 2.24) is 0 Å². The molecule has 0 aromatic carbocycles. The van der Waals surface area contributed by atoms with E-state index in [2.05, 4.69) is 6.08 Å². The minimum absolute atomic E-state index is 0.418. The Bertz CT molecular complexity index is 313. The monoisotopic (exact) mass is 248 g/mol. The van der Waals surface area contributed by atoms with E-state index in [9.17, 15) is 5.11 Å². The molecule has 102 valence electrons. The van der Waals surface area contributed by atoms with Crippen LogP contribution in [0.3, 0.4) is 0 Å². The summed E-state index contributed by atoms with van der Waals surface area (Å²) < 4.78 is 0. The van der Waals surface area contributed by atoms with E-state index in [1.165, 1.54) is 69.8 Å². The molecule has 3 aliphatic carbocycles. The summed E-state index contributed by atoms with van der Waals surface area (Å²) >= 11 is 0. The first-order valence-corrected chi connectivity index (χ1v) is 8.15. The zero-order valence-electron chi connectivity index (χ0n) is 11.7. The Labute approximate surface area is 112 Å². The first kappa shape index (κ1) is 12.7. The number of hydrogen-bond donors (Lipinski definition) is 1. The highest BCUT2D eigenvalue weighted by molar-refractivity contribution is 5.19. The molecule has 0 atom stereocenters. The zero-order chi connectivity index (χ0) is 12.5. The van der Waals surface area contributed by atoms with Gasteiger partial charge in [0, 0.05) is 0 Å². The molecule has 0 amide bonds. The molecule has 0 unspecified atom stereocenters. The Hall–Kier alpha value is -0.300. The Morgan fingerprint density at radius 1 is 0.778 bits per heavy atom. The van der Waals surface area contributed by atoms with Gasteiger partial charge in [-0.3, -0.25) is 0 Å². The van der Waals surface area contributed by atoms with E-state index in [1.807, 2.05) is 0 Å². The third kappa shape index (κ3) is 2.39. The van der Waals surface area contributed by atoms with Crippen LogP contribution in [0.1, 0.15) is 83.5 Å². The van der Waals surface area contributed by atoms with Gasteiger partial charge in [0.15, 0.2) is 0 Å². The molecule has 18 heavy (non-hydrogen) atoms. The fourth-order valence-corrected chi connectivity index (χ4v) is 4.58. The van der Waals surface area contributed by atoms with Gasteiger partial charge in [-0.25, -0.2) is 0 Å². The maximum Gasteiger partial charge on any atom is 0.0857 e. The second-order valence-corrected chi connectivity index (χ2v) is 7.07. The molecule has 0 radical (unpaired) electrons. The van der Waals surface area contributed by atoms with Crippen LogP contribution < -0.4 is 0 Å². The van der Waals surface area contributed by atoms with Gasteiger partial charge in [0.2, 0.25) is 0 Å². The molecule has 0 aromatic heterocycles. The molecule has 1 heteroatoms. The maximum absolute atomic E-state index is 11.0. The van der Waals surface area contributed by atoms with E-state index in [-0.39, 0.29) is 0 Å². The van der Waals surface area contributed by atoms with Crippen LogP contribution in [-0.2, 0) is 0 Å². The third-order valence-electron chi connectivity index (χ3n) is 5.94. The van der Waals surface area contributed by atoms with Crippen molar-refractivity contribution in [2.45, 2.75) is 89.1 Å². The summed E-state index contributed by atoms with van der Waals surface area (Å²) in [5, 5.41) is 11.0. The molecule has 1 nitrogen and oxygen atoms in total. The Morgan fingerprint density at radius 3 is 2.22 bits per heavy atom. The smallest absolute Gasteiger partial charge is 0.0857 e. The molecule has 1 spiro atoms. The fourth-order valence-electron chi connectivity index (χ4n) is 4.58. The lowest BCUT2D eigenvalue weighted by Gasteiger charge is -2.43. The SMILES string of the molecule is OC1(C2=CCCCCC2)CCC2(CCCC2)CC1. The van der Waals surface area contributed by atoms with E-state index in [1.54, 1.807) is 0 Å². The van der Waals surface area contributed by atoms with Crippen LogP contribution >= 0.6 is 0 Å². The van der Waals surface area contributed by atoms with E-state index in [4.69, 9.17) is 0 Å². The van der Waals surface area contributed by atoms with Gasteiger partial charge in [0.1, 0.15) is 0 Å². The lowest BCUT2D eigenvalue weighted by atomic mass is 9.65. The molecule has 0 heterocycles. The van der Waals surface area contributed by atoms with Gasteiger partial charge in [-0.1, -0.05) is 25.3 Å². The zero-order valence-corrected chi connectivity index (χ0v) is 11.7. The van der Waals surface area contributed by atoms with Crippen LogP contribution in [-0.4, -0.2) is 10.7 Å². The van der Waals surface area contributed by atoms with Crippen molar-refractivity contribution in [1.29, 1.82) is 0 Å². The predicted octanol–water partition coefficient (Wildman–Crippen LogP) is 4.74. The molecule has 0 bridgehead atoms. The molecule has 2 saturated carbocycles. The third-order valence-corrected chi connectivity index (χ3v) is 5.94. The van der Waals surface area contributed by atoms with Crippen molar-refractivity contribution in [3.63, 3.8) is 0 Å². The molecule has 1 N–H and O–H groups in total. The van der Waals surface area contributed by atoms with Crippen LogP contribution in [0, 0.1) is 5.41 Å². The summed E-state index contributed by atoms with van der Waals surface area (Å²) in [5.41, 5.74) is 1.61. The van der Waals surface area contributed by atoms with Gasteiger partial charge in [0.25, 0.3) is 0 Å². The van der Waals surface area contributed by atoms with Crippen LogP contribution in [0.15, 0.2) is 11.6 Å². The van der Waals surface area contributed by atoms with Crippen molar-refractivity contribution in [2.24, 2.45) is 5.41 Å². The predicted molar refractivity (Wildman–Crippen MR) is 75.5 cm³/mol. The quantitative estimate of drug-likeness (QED) is 0.664. The van der Waals surface area contributed by atoms with Crippen molar-refractivity contribution in [2.75, 3.05) is 0 Å². The lowest BCUT2D eigenvalue weighted by molar-refractivity contribution is -0.00607. The van der Waals surface area contributed by atoms with Crippen LogP contribution in [0.2, 0.25) is 0 Å². The molecule has 0 aromatic rings. The first-order valence-electron chi connectivity index (χ1n) is 8.15. The number of allylic oxidation sites excluding steroid dienone is 1. The summed E-state index contributed by atoms with van der Waals surface area (Å²) in [6.45, 7) is 0. The number of aliphatic hydroxyl groups is 1. The molecule has 2 fully saturated rings. The van der Waals surface area contributed by atoms with Crippen molar-refractivity contribution >= 4 is 0 Å². The largest absolute Gasteiger partial charge is 0.386 e. The lowest BCUT2D eigenvalue weighted by Crippen LogP contribution is -2.39. The molecule has 0 saturated heterocycles. The average molecular weight is 248 g/mol. The van der Waals surface area contributed by atoms with Crippen LogP contribution in [0.25, 0.3) is 0 Å². The van der Waals surface area contributed by atoms with Gasteiger partial charge in [-0.05, 0) is 75.2 Å². The summed E-state index contributed by atoms with van der Waals surface area (Å²) in [4.78, 5) is 0. The minimum Gasteiger partial charge on any atom is -0.386 e. The second-order valence-electron chi connectivity index (χ2n) is 7.07. The van der Waals surface area contributed by atoms with Crippen LogP contribution in [0.4, 0.5) is 0 Å². The molecule has 3 aliphatic rings. The van der Waals surface area contributed by atoms with Crippen LogP contribution in [0.5, 0.6) is 0 Å². The summed E-state index contributed by atoms with van der Waals surface area (Å²) in [5.74, 6) is 0. The topological polar surface area (TPSA) is 20.2 Å². The fraction of sp³-hybridized carbons (Fsp3) is 0.882. The molecular formula is C17H28O. The van der Waals surface area contributed by atoms with Gasteiger partial charge < -0.3 is 5.11 Å².